The first-order valence-corrected chi connectivity index (χ1v) is 9.67. The Morgan fingerprint density at radius 2 is 1.77 bits per heavy atom. The van der Waals surface area contributed by atoms with Crippen LogP contribution in [0.3, 0.4) is 0 Å². The van der Waals surface area contributed by atoms with E-state index in [9.17, 15) is 24.9 Å². The van der Waals surface area contributed by atoms with Gasteiger partial charge in [0.25, 0.3) is 0 Å². The molecule has 0 aliphatic carbocycles. The standard InChI is InChI=1S/C24H24O7/c1-14(2)4-6-16-7-5-15(12-19(16)26)13-24(23(29)30-3)20(21(27)22(28)31-24)17-8-10-18(25)11-9-17/h4-5,7-12,25-27H,6,13H2,1-3H3/t24-/m1/s1. The molecule has 7 nitrogen and oxygen atoms in total. The lowest BCUT2D eigenvalue weighted by Crippen LogP contribution is -2.44. The third-order valence-corrected chi connectivity index (χ3v) is 5.11. The van der Waals surface area contributed by atoms with Gasteiger partial charge in [-0.15, -0.1) is 0 Å². The molecule has 1 atom stereocenters. The smallest absolute Gasteiger partial charge is 0.375 e. The molecule has 31 heavy (non-hydrogen) atoms. The highest BCUT2D eigenvalue weighted by molar-refractivity contribution is 6.11. The fourth-order valence-corrected chi connectivity index (χ4v) is 3.55. The van der Waals surface area contributed by atoms with Crippen LogP contribution in [0, 0.1) is 0 Å². The molecule has 0 spiro atoms. The zero-order valence-corrected chi connectivity index (χ0v) is 17.5. The number of aliphatic hydroxyl groups is 1. The molecule has 162 valence electrons. The van der Waals surface area contributed by atoms with Gasteiger partial charge in [0.15, 0.2) is 0 Å². The van der Waals surface area contributed by atoms with Crippen molar-refractivity contribution in [3.05, 3.63) is 76.6 Å². The first-order chi connectivity index (χ1) is 14.7. The number of phenols is 2. The molecule has 3 rings (SSSR count). The zero-order chi connectivity index (χ0) is 22.8. The summed E-state index contributed by atoms with van der Waals surface area (Å²) in [7, 11) is 1.15. The Morgan fingerprint density at radius 1 is 1.10 bits per heavy atom. The highest BCUT2D eigenvalue weighted by Gasteiger charge is 2.55. The molecule has 0 saturated heterocycles. The highest BCUT2D eigenvalue weighted by Crippen LogP contribution is 2.43. The Labute approximate surface area is 179 Å². The number of rotatable bonds is 6. The molecular weight excluding hydrogens is 400 g/mol. The number of aliphatic hydroxyl groups excluding tert-OH is 1. The summed E-state index contributed by atoms with van der Waals surface area (Å²) in [5.41, 5.74) is 0.639. The quantitative estimate of drug-likeness (QED) is 0.480. The second-order valence-electron chi connectivity index (χ2n) is 7.60. The van der Waals surface area contributed by atoms with Gasteiger partial charge in [0.2, 0.25) is 11.4 Å². The molecule has 0 fully saturated rings. The average molecular weight is 424 g/mol. The van der Waals surface area contributed by atoms with E-state index in [1.807, 2.05) is 19.9 Å². The number of carbonyl (C=O) groups is 2. The number of cyclic esters (lactones) is 1. The van der Waals surface area contributed by atoms with Gasteiger partial charge in [-0.2, -0.15) is 0 Å². The van der Waals surface area contributed by atoms with Crippen molar-refractivity contribution >= 4 is 17.5 Å². The van der Waals surface area contributed by atoms with Gasteiger partial charge in [0, 0.05) is 6.42 Å². The van der Waals surface area contributed by atoms with E-state index in [1.165, 1.54) is 30.3 Å². The number of hydrogen-bond acceptors (Lipinski definition) is 7. The number of aromatic hydroxyl groups is 2. The average Bonchev–Trinajstić information content (AvgIpc) is 2.98. The van der Waals surface area contributed by atoms with Gasteiger partial charge in [-0.05, 0) is 55.2 Å². The Balaban J connectivity index is 2.06. The van der Waals surface area contributed by atoms with Crippen molar-refractivity contribution in [3.8, 4) is 11.5 Å². The van der Waals surface area contributed by atoms with Crippen LogP contribution < -0.4 is 0 Å². The van der Waals surface area contributed by atoms with Crippen LogP contribution >= 0.6 is 0 Å². The Bertz CT molecular complexity index is 1080. The summed E-state index contributed by atoms with van der Waals surface area (Å²) < 4.78 is 10.3. The Hall–Kier alpha value is -3.74. The second-order valence-corrected chi connectivity index (χ2v) is 7.60. The van der Waals surface area contributed by atoms with Crippen LogP contribution in [0.2, 0.25) is 0 Å². The number of esters is 2. The maximum Gasteiger partial charge on any atom is 0.375 e. The summed E-state index contributed by atoms with van der Waals surface area (Å²) in [6, 6.07) is 10.6. The number of allylic oxidation sites excluding steroid dienone is 2. The third-order valence-electron chi connectivity index (χ3n) is 5.11. The minimum atomic E-state index is -1.94. The minimum absolute atomic E-state index is 0.0189. The summed E-state index contributed by atoms with van der Waals surface area (Å²) in [6.45, 7) is 3.92. The highest BCUT2D eigenvalue weighted by atomic mass is 16.6. The predicted octanol–water partition coefficient (Wildman–Crippen LogP) is 3.59. The Kier molecular flexibility index (Phi) is 6.06. The summed E-state index contributed by atoms with van der Waals surface area (Å²) in [5, 5.41) is 30.4. The molecule has 2 aromatic rings. The molecule has 2 aromatic carbocycles. The fraction of sp³-hybridized carbons (Fsp3) is 0.250. The second kappa shape index (κ2) is 8.55. The molecule has 1 heterocycles. The lowest BCUT2D eigenvalue weighted by Gasteiger charge is -2.28. The SMILES string of the molecule is COC(=O)[C@]1(Cc2ccc(CC=C(C)C)c(O)c2)OC(=O)C(O)=C1c1ccc(O)cc1. The van der Waals surface area contributed by atoms with Crippen molar-refractivity contribution in [3.63, 3.8) is 0 Å². The number of benzene rings is 2. The first kappa shape index (κ1) is 22.0. The number of methoxy groups -OCH3 is 1. The largest absolute Gasteiger partial charge is 0.508 e. The van der Waals surface area contributed by atoms with E-state index in [-0.39, 0.29) is 23.5 Å². The maximum absolute atomic E-state index is 12.8. The molecule has 0 unspecified atom stereocenters. The summed E-state index contributed by atoms with van der Waals surface area (Å²) >= 11 is 0. The Morgan fingerprint density at radius 3 is 2.35 bits per heavy atom. The van der Waals surface area contributed by atoms with E-state index in [2.05, 4.69) is 0 Å². The first-order valence-electron chi connectivity index (χ1n) is 9.67. The molecule has 7 heteroatoms. The molecule has 1 aliphatic rings. The maximum atomic E-state index is 12.8. The monoisotopic (exact) mass is 424 g/mol. The summed E-state index contributed by atoms with van der Waals surface area (Å²) in [4.78, 5) is 25.1. The van der Waals surface area contributed by atoms with Crippen molar-refractivity contribution in [2.24, 2.45) is 0 Å². The van der Waals surface area contributed by atoms with Gasteiger partial charge >= 0.3 is 11.9 Å². The van der Waals surface area contributed by atoms with E-state index in [1.54, 1.807) is 12.1 Å². The van der Waals surface area contributed by atoms with Crippen molar-refractivity contribution in [2.45, 2.75) is 32.3 Å². The van der Waals surface area contributed by atoms with E-state index < -0.39 is 23.3 Å². The van der Waals surface area contributed by atoms with Crippen molar-refractivity contribution in [1.82, 2.24) is 0 Å². The number of hydrogen-bond donors (Lipinski definition) is 3. The van der Waals surface area contributed by atoms with Gasteiger partial charge in [-0.3, -0.25) is 0 Å². The number of phenolic OH excluding ortho intramolecular Hbond substituents is 2. The van der Waals surface area contributed by atoms with Crippen LogP contribution in [0.15, 0.2) is 59.9 Å². The fourth-order valence-electron chi connectivity index (χ4n) is 3.55. The van der Waals surface area contributed by atoms with Crippen LogP contribution in [-0.4, -0.2) is 40.0 Å². The van der Waals surface area contributed by atoms with E-state index >= 15 is 0 Å². The van der Waals surface area contributed by atoms with E-state index in [0.717, 1.165) is 12.7 Å². The van der Waals surface area contributed by atoms with Crippen LogP contribution in [0.5, 0.6) is 11.5 Å². The van der Waals surface area contributed by atoms with Gasteiger partial charge < -0.3 is 24.8 Å². The predicted molar refractivity (Wildman–Crippen MR) is 113 cm³/mol. The molecule has 0 aromatic heterocycles. The zero-order valence-electron chi connectivity index (χ0n) is 17.5. The summed E-state index contributed by atoms with van der Waals surface area (Å²) in [6.07, 6.45) is 2.36. The van der Waals surface area contributed by atoms with E-state index in [4.69, 9.17) is 9.47 Å². The number of ether oxygens (including phenoxy) is 2. The minimum Gasteiger partial charge on any atom is -0.508 e. The van der Waals surface area contributed by atoms with Gasteiger partial charge in [-0.25, -0.2) is 9.59 Å². The molecule has 1 aliphatic heterocycles. The summed E-state index contributed by atoms with van der Waals surface area (Å²) in [5.74, 6) is -2.62. The lowest BCUT2D eigenvalue weighted by molar-refractivity contribution is -0.169. The molecular formula is C24H24O7. The number of carbonyl (C=O) groups excluding carboxylic acids is 2. The molecule has 0 bridgehead atoms. The van der Waals surface area contributed by atoms with Crippen LogP contribution in [-0.2, 0) is 31.9 Å². The molecule has 3 N–H and O–H groups in total. The normalized spacial score (nSPS) is 18.0. The topological polar surface area (TPSA) is 113 Å². The van der Waals surface area contributed by atoms with Crippen LogP contribution in [0.1, 0.15) is 30.5 Å². The molecule has 0 amide bonds. The molecule has 0 saturated carbocycles. The molecule has 0 radical (unpaired) electrons. The van der Waals surface area contributed by atoms with Crippen LogP contribution in [0.4, 0.5) is 0 Å². The third kappa shape index (κ3) is 4.26. The van der Waals surface area contributed by atoms with Gasteiger partial charge in [0.05, 0.1) is 12.7 Å². The van der Waals surface area contributed by atoms with Crippen molar-refractivity contribution in [2.75, 3.05) is 7.11 Å². The lowest BCUT2D eigenvalue weighted by atomic mass is 9.83. The van der Waals surface area contributed by atoms with E-state index in [0.29, 0.717) is 23.1 Å². The van der Waals surface area contributed by atoms with Crippen molar-refractivity contribution in [1.29, 1.82) is 0 Å². The van der Waals surface area contributed by atoms with Gasteiger partial charge in [0.1, 0.15) is 11.5 Å². The van der Waals surface area contributed by atoms with Gasteiger partial charge in [-0.1, -0.05) is 35.9 Å². The van der Waals surface area contributed by atoms with Crippen LogP contribution in [0.25, 0.3) is 5.57 Å². The van der Waals surface area contributed by atoms with Crippen molar-refractivity contribution < 1.29 is 34.4 Å².